The number of nitrogens with zero attached hydrogens (tertiary/aromatic N) is 3. The summed E-state index contributed by atoms with van der Waals surface area (Å²) in [5.74, 6) is 14.0. The Morgan fingerprint density at radius 1 is 0.976 bits per heavy atom. The van der Waals surface area contributed by atoms with Crippen LogP contribution in [0.2, 0.25) is 0 Å². The van der Waals surface area contributed by atoms with E-state index in [-0.39, 0.29) is 0 Å². The third-order valence-electron chi connectivity index (χ3n) is 6.32. The molecular weight excluding hydrogens is 567 g/mol. The van der Waals surface area contributed by atoms with Crippen molar-refractivity contribution in [2.75, 3.05) is 5.88 Å². The zero-order chi connectivity index (χ0) is 30.3. The fraction of sp³-hybridized carbons (Fsp3) is 0.152. The van der Waals surface area contributed by atoms with Gasteiger partial charge in [0.15, 0.2) is 5.84 Å². The molecule has 5 N–H and O–H groups in total. The highest BCUT2D eigenvalue weighted by Gasteiger charge is 2.06. The zero-order valence-electron chi connectivity index (χ0n) is 24.0. The van der Waals surface area contributed by atoms with Gasteiger partial charge in [-0.05, 0) is 85.5 Å². The summed E-state index contributed by atoms with van der Waals surface area (Å²) in [4.78, 5) is 4.77. The molecule has 0 amide bonds. The summed E-state index contributed by atoms with van der Waals surface area (Å²) < 4.78 is 8.12. The lowest BCUT2D eigenvalue weighted by Crippen LogP contribution is -2.31. The van der Waals surface area contributed by atoms with Crippen LogP contribution in [0.25, 0.3) is 28.9 Å². The fourth-order valence-corrected chi connectivity index (χ4v) is 4.14. The lowest BCUT2D eigenvalue weighted by Gasteiger charge is -2.09. The number of aryl methyl sites for hydroxylation is 1. The summed E-state index contributed by atoms with van der Waals surface area (Å²) in [6.45, 7) is 7.12. The van der Waals surface area contributed by atoms with Crippen LogP contribution in [0.5, 0.6) is 11.5 Å². The summed E-state index contributed by atoms with van der Waals surface area (Å²) in [5.41, 5.74) is 10.2. The molecule has 0 spiro atoms. The summed E-state index contributed by atoms with van der Waals surface area (Å²) in [7, 11) is 0. The summed E-state index contributed by atoms with van der Waals surface area (Å²) in [5, 5.41) is 3.61. The maximum atomic E-state index is 5.96. The molecule has 0 aliphatic heterocycles. The average molecular weight is 604 g/mol. The van der Waals surface area contributed by atoms with Crippen molar-refractivity contribution in [2.45, 2.75) is 27.3 Å². The van der Waals surface area contributed by atoms with Crippen molar-refractivity contribution in [1.82, 2.24) is 15.0 Å². The van der Waals surface area contributed by atoms with Crippen molar-refractivity contribution in [2.24, 2.45) is 16.8 Å². The van der Waals surface area contributed by atoms with Crippen molar-refractivity contribution >= 4 is 46.8 Å². The Morgan fingerprint density at radius 3 is 2.05 bits per heavy atom. The Kier molecular flexibility index (Phi) is 12.9. The topological polar surface area (TPSA) is 103 Å². The van der Waals surface area contributed by atoms with Gasteiger partial charge in [0, 0.05) is 29.7 Å². The van der Waals surface area contributed by atoms with Crippen molar-refractivity contribution in [3.05, 3.63) is 119 Å². The maximum Gasteiger partial charge on any atom is 0.166 e. The molecule has 0 aliphatic carbocycles. The first kappa shape index (κ1) is 32.2. The van der Waals surface area contributed by atoms with Crippen molar-refractivity contribution in [3.63, 3.8) is 0 Å². The van der Waals surface area contributed by atoms with Gasteiger partial charge < -0.3 is 20.6 Å². The summed E-state index contributed by atoms with van der Waals surface area (Å²) in [6, 6.07) is 23.8. The van der Waals surface area contributed by atoms with Gasteiger partial charge in [-0.1, -0.05) is 66.2 Å². The highest BCUT2D eigenvalue weighted by Crippen LogP contribution is 2.27. The minimum absolute atomic E-state index is 0.401. The molecule has 4 aromatic rings. The number of aromatic nitrogens is 2. The van der Waals surface area contributed by atoms with Crippen LogP contribution in [0.15, 0.2) is 102 Å². The molecule has 4 rings (SSSR count). The number of hydrogen-bond donors (Lipinski definition) is 3. The number of hydrazine groups is 1. The molecule has 0 saturated heterocycles. The Bertz CT molecular complexity index is 1520. The van der Waals surface area contributed by atoms with Crippen LogP contribution in [0.1, 0.15) is 43.4 Å². The van der Waals surface area contributed by atoms with Crippen LogP contribution in [0.3, 0.4) is 0 Å². The zero-order valence-corrected chi connectivity index (χ0v) is 25.5. The smallest absolute Gasteiger partial charge is 0.166 e. The normalized spacial score (nSPS) is 12.0. The highest BCUT2D eigenvalue weighted by atomic mass is 35.5. The van der Waals surface area contributed by atoms with E-state index in [1.165, 1.54) is 11.1 Å². The first-order valence-corrected chi connectivity index (χ1v) is 14.4. The van der Waals surface area contributed by atoms with Crippen LogP contribution in [-0.4, -0.2) is 21.3 Å². The minimum atomic E-state index is 0.401. The molecule has 218 valence electrons. The Labute approximate surface area is 257 Å². The number of hydrazone groups is 1. The second kappa shape index (κ2) is 16.8. The van der Waals surface area contributed by atoms with Gasteiger partial charge in [-0.15, -0.1) is 11.6 Å². The lowest BCUT2D eigenvalue weighted by molar-refractivity contribution is 0.483. The minimum Gasteiger partial charge on any atom is -0.457 e. The molecule has 0 bridgehead atoms. The third kappa shape index (κ3) is 9.11. The fourth-order valence-electron chi connectivity index (χ4n) is 3.87. The molecule has 7 nitrogen and oxygen atoms in total. The molecule has 0 unspecified atom stereocenters. The van der Waals surface area contributed by atoms with Crippen LogP contribution in [0.4, 0.5) is 0 Å². The molecule has 9 heteroatoms. The number of imidazole rings is 1. The van der Waals surface area contributed by atoms with Crippen LogP contribution in [-0.2, 0) is 6.54 Å². The quantitative estimate of drug-likeness (QED) is 0.0591. The average Bonchev–Trinajstić information content (AvgIpc) is 3.46. The predicted molar refractivity (Wildman–Crippen MR) is 178 cm³/mol. The van der Waals surface area contributed by atoms with Crippen LogP contribution in [0, 0.1) is 0 Å². The van der Waals surface area contributed by atoms with Crippen molar-refractivity contribution < 1.29 is 4.74 Å². The Morgan fingerprint density at radius 2 is 1.57 bits per heavy atom. The van der Waals surface area contributed by atoms with Gasteiger partial charge in [0.05, 0.1) is 5.69 Å². The number of benzene rings is 3. The van der Waals surface area contributed by atoms with E-state index in [4.69, 9.17) is 44.6 Å². The molecule has 42 heavy (non-hydrogen) atoms. The van der Waals surface area contributed by atoms with E-state index in [2.05, 4.69) is 89.8 Å². The molecule has 0 atom stereocenters. The van der Waals surface area contributed by atoms with E-state index in [1.54, 1.807) is 6.08 Å². The van der Waals surface area contributed by atoms with E-state index in [0.29, 0.717) is 17.5 Å². The molecular formula is C33H36Cl2N6O. The van der Waals surface area contributed by atoms with Gasteiger partial charge in [0.1, 0.15) is 17.3 Å². The van der Waals surface area contributed by atoms with E-state index in [9.17, 15) is 0 Å². The monoisotopic (exact) mass is 602 g/mol. The largest absolute Gasteiger partial charge is 0.457 e. The lowest BCUT2D eigenvalue weighted by atomic mass is 10.0. The number of nitrogens with two attached hydrogens (primary N) is 2. The number of ether oxygens (including phenoxy) is 1. The molecule has 3 aromatic carbocycles. The second-order valence-electron chi connectivity index (χ2n) is 8.99. The number of amidine groups is 1. The molecule has 0 saturated carbocycles. The summed E-state index contributed by atoms with van der Waals surface area (Å²) in [6.07, 6.45) is 10.0. The molecule has 1 heterocycles. The van der Waals surface area contributed by atoms with Gasteiger partial charge in [-0.3, -0.25) is 0 Å². The molecule has 1 aromatic heterocycles. The standard InChI is InChI=1S/C30H32N6O.C3H4Cl2/c1-4-21(3)28-20-36(5-2)29(33-28)19-8-22-6-9-23(10-7-22)24-11-15-26(16-12-24)37-27-17-13-25(14-18-27)30(34-31)35-32;4-2-1-3-5/h4,6-20H,5,31-32H2,1-3H3,(H,34,35);1-2H,3H2/b19-8+,21-4+;2-1+. The van der Waals surface area contributed by atoms with E-state index >= 15 is 0 Å². The van der Waals surface area contributed by atoms with Gasteiger partial charge in [0.25, 0.3) is 0 Å². The van der Waals surface area contributed by atoms with Crippen LogP contribution >= 0.6 is 23.2 Å². The number of hydrogen-bond acceptors (Lipinski definition) is 5. The predicted octanol–water partition coefficient (Wildman–Crippen LogP) is 8.02. The second-order valence-corrected chi connectivity index (χ2v) is 9.55. The van der Waals surface area contributed by atoms with Gasteiger partial charge in [-0.25, -0.2) is 10.8 Å². The first-order valence-electron chi connectivity index (χ1n) is 13.4. The molecule has 0 radical (unpaired) electrons. The number of alkyl halides is 1. The number of allylic oxidation sites excluding steroid dienone is 3. The number of halogens is 2. The van der Waals surface area contributed by atoms with E-state index < -0.39 is 0 Å². The number of nitrogens with one attached hydrogen (secondary N) is 1. The number of rotatable bonds is 9. The van der Waals surface area contributed by atoms with Crippen molar-refractivity contribution in [3.8, 4) is 22.6 Å². The van der Waals surface area contributed by atoms with Crippen molar-refractivity contribution in [1.29, 1.82) is 0 Å². The van der Waals surface area contributed by atoms with Crippen LogP contribution < -0.4 is 21.8 Å². The molecule has 0 fully saturated rings. The van der Waals surface area contributed by atoms with Gasteiger partial charge in [-0.2, -0.15) is 5.10 Å². The van der Waals surface area contributed by atoms with E-state index in [0.717, 1.165) is 46.1 Å². The third-order valence-corrected chi connectivity index (χ3v) is 6.67. The maximum absolute atomic E-state index is 5.96. The highest BCUT2D eigenvalue weighted by molar-refractivity contribution is 6.26. The summed E-state index contributed by atoms with van der Waals surface area (Å²) >= 11 is 10.2. The Hall–Kier alpha value is -4.30. The van der Waals surface area contributed by atoms with E-state index in [1.807, 2.05) is 43.3 Å². The Balaban J connectivity index is 0.000000892. The van der Waals surface area contributed by atoms with Gasteiger partial charge >= 0.3 is 0 Å². The SMILES string of the molecule is C/C=C(\C)c1cn(CC)c(/C=C/c2ccc(-c3ccc(Oc4ccc(/C(=N/N)NN)cc4)cc3)cc2)n1.Cl/C=C/CCl. The molecule has 0 aliphatic rings. The first-order chi connectivity index (χ1) is 20.5. The van der Waals surface area contributed by atoms with Gasteiger partial charge in [0.2, 0.25) is 0 Å².